The van der Waals surface area contributed by atoms with Gasteiger partial charge in [0.25, 0.3) is 0 Å². The van der Waals surface area contributed by atoms with Crippen LogP contribution in [0.3, 0.4) is 0 Å². The molecule has 0 radical (unpaired) electrons. The summed E-state index contributed by atoms with van der Waals surface area (Å²) in [5, 5.41) is 12.3. The van der Waals surface area contributed by atoms with Gasteiger partial charge in [-0.1, -0.05) is 54.0 Å². The van der Waals surface area contributed by atoms with Gasteiger partial charge in [-0.2, -0.15) is 0 Å². The highest BCUT2D eigenvalue weighted by atomic mass is 16.5. The third-order valence-electron chi connectivity index (χ3n) is 2.16. The van der Waals surface area contributed by atoms with E-state index < -0.39 is 5.60 Å². The molecular formula is C20H41NO3. The lowest BCUT2D eigenvalue weighted by molar-refractivity contribution is -0.00190. The number of phenolic OH excluding ortho intramolecular Hbond substituents is 1. The van der Waals surface area contributed by atoms with Gasteiger partial charge in [-0.3, -0.25) is 0 Å². The third-order valence-corrected chi connectivity index (χ3v) is 2.16. The molecule has 0 fully saturated rings. The molecule has 0 saturated carbocycles. The molecular weight excluding hydrogens is 302 g/mol. The van der Waals surface area contributed by atoms with Crippen molar-refractivity contribution in [2.45, 2.75) is 67.4 Å². The molecule has 24 heavy (non-hydrogen) atoms. The van der Waals surface area contributed by atoms with Crippen LogP contribution >= 0.6 is 0 Å². The summed E-state index contributed by atoms with van der Waals surface area (Å²) >= 11 is 0. The van der Waals surface area contributed by atoms with Crippen LogP contribution in [0.15, 0.2) is 24.3 Å². The zero-order valence-electron chi connectivity index (χ0n) is 16.1. The van der Waals surface area contributed by atoms with Crippen LogP contribution < -0.4 is 10.1 Å². The molecule has 0 atom stereocenters. The van der Waals surface area contributed by atoms with Crippen LogP contribution in [-0.4, -0.2) is 37.5 Å². The van der Waals surface area contributed by atoms with Gasteiger partial charge >= 0.3 is 0 Å². The Hall–Kier alpha value is -1.26. The fourth-order valence-electron chi connectivity index (χ4n) is 1.39. The molecule has 144 valence electrons. The number of aromatic hydroxyl groups is 1. The Bertz CT molecular complexity index is 366. The number of likely N-dealkylation sites (N-methyl/N-ethyl adjacent to an activating group) is 1. The fourth-order valence-corrected chi connectivity index (χ4v) is 1.39. The van der Waals surface area contributed by atoms with Crippen LogP contribution in [0.2, 0.25) is 0 Å². The second-order valence-corrected chi connectivity index (χ2v) is 5.93. The average molecular weight is 344 g/mol. The zero-order valence-corrected chi connectivity index (χ0v) is 16.1. The van der Waals surface area contributed by atoms with Crippen molar-refractivity contribution in [1.29, 1.82) is 0 Å². The monoisotopic (exact) mass is 343 g/mol. The topological polar surface area (TPSA) is 50.7 Å². The normalized spacial score (nSPS) is 9.62. The molecule has 0 bridgehead atoms. The van der Waals surface area contributed by atoms with Crippen LogP contribution in [0.5, 0.6) is 11.5 Å². The SMILES string of the molecule is C.CCC.CCC.CNCCOCC(C)(C)Oc1cccc(O)c1. The van der Waals surface area contributed by atoms with Gasteiger partial charge in [0.05, 0.1) is 13.2 Å². The van der Waals surface area contributed by atoms with Crippen molar-refractivity contribution in [3.8, 4) is 11.5 Å². The third kappa shape index (κ3) is 18.8. The first kappa shape index (κ1) is 27.6. The van der Waals surface area contributed by atoms with Gasteiger partial charge in [-0.15, -0.1) is 0 Å². The first-order chi connectivity index (χ1) is 10.9. The quantitative estimate of drug-likeness (QED) is 0.664. The number of benzene rings is 1. The first-order valence-corrected chi connectivity index (χ1v) is 8.57. The van der Waals surface area contributed by atoms with E-state index >= 15 is 0 Å². The van der Waals surface area contributed by atoms with E-state index in [1.54, 1.807) is 18.2 Å². The largest absolute Gasteiger partial charge is 0.508 e. The number of ether oxygens (including phenoxy) is 2. The first-order valence-electron chi connectivity index (χ1n) is 8.57. The summed E-state index contributed by atoms with van der Waals surface area (Å²) in [5.41, 5.74) is -0.415. The van der Waals surface area contributed by atoms with Crippen molar-refractivity contribution in [1.82, 2.24) is 5.32 Å². The van der Waals surface area contributed by atoms with Crippen molar-refractivity contribution in [3.05, 3.63) is 24.3 Å². The van der Waals surface area contributed by atoms with Crippen molar-refractivity contribution in [2.24, 2.45) is 0 Å². The number of hydrogen-bond donors (Lipinski definition) is 2. The van der Waals surface area contributed by atoms with E-state index in [1.807, 2.05) is 27.0 Å². The molecule has 0 spiro atoms. The second kappa shape index (κ2) is 18.1. The molecule has 2 N–H and O–H groups in total. The highest BCUT2D eigenvalue weighted by Crippen LogP contribution is 2.22. The summed E-state index contributed by atoms with van der Waals surface area (Å²) in [6, 6.07) is 6.77. The summed E-state index contributed by atoms with van der Waals surface area (Å²) in [4.78, 5) is 0. The van der Waals surface area contributed by atoms with E-state index in [1.165, 1.54) is 12.8 Å². The van der Waals surface area contributed by atoms with Gasteiger partial charge in [0.2, 0.25) is 0 Å². The Kier molecular flexibility index (Phi) is 20.8. The Morgan fingerprint density at radius 3 is 2.08 bits per heavy atom. The number of phenols is 1. The van der Waals surface area contributed by atoms with Crippen LogP contribution in [0.25, 0.3) is 0 Å². The lowest BCUT2D eigenvalue weighted by atomic mass is 10.1. The lowest BCUT2D eigenvalue weighted by Gasteiger charge is -2.26. The molecule has 1 rings (SSSR count). The average Bonchev–Trinajstić information content (AvgIpc) is 2.45. The predicted molar refractivity (Wildman–Crippen MR) is 106 cm³/mol. The predicted octanol–water partition coefficient (Wildman–Crippen LogP) is 5.25. The molecule has 0 aromatic heterocycles. The summed E-state index contributed by atoms with van der Waals surface area (Å²) in [6.07, 6.45) is 2.50. The van der Waals surface area contributed by atoms with Crippen molar-refractivity contribution in [2.75, 3.05) is 26.8 Å². The maximum Gasteiger partial charge on any atom is 0.127 e. The van der Waals surface area contributed by atoms with Crippen LogP contribution in [-0.2, 0) is 4.74 Å². The van der Waals surface area contributed by atoms with Crippen LogP contribution in [0.1, 0.15) is 61.8 Å². The number of nitrogens with one attached hydrogen (secondary N) is 1. The number of hydrogen-bond acceptors (Lipinski definition) is 4. The molecule has 0 aliphatic heterocycles. The van der Waals surface area contributed by atoms with Crippen LogP contribution in [0.4, 0.5) is 0 Å². The minimum atomic E-state index is -0.415. The molecule has 0 amide bonds. The van der Waals surface area contributed by atoms with Crippen molar-refractivity contribution >= 4 is 0 Å². The Morgan fingerprint density at radius 2 is 1.62 bits per heavy atom. The lowest BCUT2D eigenvalue weighted by Crippen LogP contribution is -2.35. The second-order valence-electron chi connectivity index (χ2n) is 5.93. The van der Waals surface area contributed by atoms with Gasteiger partial charge in [0.1, 0.15) is 17.1 Å². The van der Waals surface area contributed by atoms with E-state index in [4.69, 9.17) is 9.47 Å². The van der Waals surface area contributed by atoms with Gasteiger partial charge in [0, 0.05) is 12.6 Å². The Morgan fingerprint density at radius 1 is 1.08 bits per heavy atom. The maximum absolute atomic E-state index is 9.34. The fraction of sp³-hybridized carbons (Fsp3) is 0.700. The summed E-state index contributed by atoms with van der Waals surface area (Å²) in [5.74, 6) is 0.849. The highest BCUT2D eigenvalue weighted by molar-refractivity contribution is 5.32. The molecule has 1 aromatic carbocycles. The standard InChI is InChI=1S/C13H21NO3.2C3H8.CH4/c1-13(2,10-16-8-7-14-3)17-12-6-4-5-11(15)9-12;2*1-3-2;/h4-6,9,14-15H,7-8,10H2,1-3H3;2*3H2,1-2H3;1H4. The zero-order chi connectivity index (χ0) is 18.1. The van der Waals surface area contributed by atoms with Crippen molar-refractivity contribution < 1.29 is 14.6 Å². The van der Waals surface area contributed by atoms with Gasteiger partial charge < -0.3 is 19.9 Å². The van der Waals surface area contributed by atoms with Crippen molar-refractivity contribution in [3.63, 3.8) is 0 Å². The summed E-state index contributed by atoms with van der Waals surface area (Å²) in [6.45, 7) is 14.4. The Balaban J connectivity index is -0.000000550. The maximum atomic E-state index is 9.34. The van der Waals surface area contributed by atoms with E-state index in [9.17, 15) is 5.11 Å². The summed E-state index contributed by atoms with van der Waals surface area (Å²) in [7, 11) is 1.89. The van der Waals surface area contributed by atoms with Gasteiger partial charge in [-0.25, -0.2) is 0 Å². The number of rotatable bonds is 7. The van der Waals surface area contributed by atoms with Gasteiger partial charge in [-0.05, 0) is 33.0 Å². The molecule has 0 aliphatic rings. The minimum absolute atomic E-state index is 0. The smallest absolute Gasteiger partial charge is 0.127 e. The van der Waals surface area contributed by atoms with E-state index in [-0.39, 0.29) is 13.2 Å². The molecule has 0 heterocycles. The molecule has 4 nitrogen and oxygen atoms in total. The Labute approximate surface area is 150 Å². The highest BCUT2D eigenvalue weighted by Gasteiger charge is 2.20. The van der Waals surface area contributed by atoms with Gasteiger partial charge in [0.15, 0.2) is 0 Å². The van der Waals surface area contributed by atoms with Crippen LogP contribution in [0, 0.1) is 0 Å². The minimum Gasteiger partial charge on any atom is -0.508 e. The van der Waals surface area contributed by atoms with E-state index in [2.05, 4.69) is 33.0 Å². The molecule has 0 saturated heterocycles. The molecule has 0 unspecified atom stereocenters. The van der Waals surface area contributed by atoms with E-state index in [0.717, 1.165) is 6.54 Å². The molecule has 1 aromatic rings. The molecule has 4 heteroatoms. The van der Waals surface area contributed by atoms with E-state index in [0.29, 0.717) is 19.0 Å². The summed E-state index contributed by atoms with van der Waals surface area (Å²) < 4.78 is 11.2. The molecule has 0 aliphatic carbocycles.